The van der Waals surface area contributed by atoms with Crippen molar-refractivity contribution in [3.05, 3.63) is 101 Å². The predicted octanol–water partition coefficient (Wildman–Crippen LogP) is 5.94. The molecule has 0 spiro atoms. The molecule has 0 fully saturated rings. The minimum absolute atomic E-state index is 0.103. The van der Waals surface area contributed by atoms with Crippen LogP contribution in [0.2, 0.25) is 0 Å². The number of aryl methyl sites for hydroxylation is 2. The van der Waals surface area contributed by atoms with Crippen molar-refractivity contribution in [2.24, 2.45) is 0 Å². The first-order valence-corrected chi connectivity index (χ1v) is 11.8. The van der Waals surface area contributed by atoms with Crippen molar-refractivity contribution in [1.82, 2.24) is 4.72 Å². The highest BCUT2D eigenvalue weighted by molar-refractivity contribution is 7.98. The Morgan fingerprint density at radius 2 is 1.39 bits per heavy atom. The van der Waals surface area contributed by atoms with Gasteiger partial charge in [0.25, 0.3) is 0 Å². The molecule has 3 rings (SSSR count). The molecule has 0 aliphatic carbocycles. The summed E-state index contributed by atoms with van der Waals surface area (Å²) in [5.74, 6) is 0. The molecule has 0 bridgehead atoms. The number of nitrogens with one attached hydrogen (secondary N) is 1. The second kappa shape index (κ2) is 9.08. The van der Waals surface area contributed by atoms with Crippen molar-refractivity contribution < 1.29 is 4.21 Å². The normalized spacial score (nSPS) is 15.6. The zero-order chi connectivity index (χ0) is 20.1. The van der Waals surface area contributed by atoms with Crippen LogP contribution in [-0.2, 0) is 16.5 Å². The first-order chi connectivity index (χ1) is 13.4. The molecule has 28 heavy (non-hydrogen) atoms. The first-order valence-electron chi connectivity index (χ1n) is 9.35. The van der Waals surface area contributed by atoms with E-state index in [1.54, 1.807) is 11.8 Å². The maximum Gasteiger partial charge on any atom is 0.125 e. The zero-order valence-electron chi connectivity index (χ0n) is 16.8. The van der Waals surface area contributed by atoms with Gasteiger partial charge in [0.15, 0.2) is 0 Å². The third-order valence-electron chi connectivity index (χ3n) is 5.05. The van der Waals surface area contributed by atoms with Crippen molar-refractivity contribution in [1.29, 1.82) is 0 Å². The van der Waals surface area contributed by atoms with E-state index < -0.39 is 16.5 Å². The van der Waals surface area contributed by atoms with Gasteiger partial charge in [-0.15, -0.1) is 0 Å². The minimum Gasteiger partial charge on any atom is -0.237 e. The lowest BCUT2D eigenvalue weighted by Crippen LogP contribution is -2.44. The Bertz CT molecular complexity index is 923. The molecule has 0 amide bonds. The highest BCUT2D eigenvalue weighted by Crippen LogP contribution is 2.44. The molecule has 0 aliphatic heterocycles. The summed E-state index contributed by atoms with van der Waals surface area (Å²) in [6.07, 6.45) is 2.11. The van der Waals surface area contributed by atoms with Crippen LogP contribution >= 0.6 is 11.8 Å². The van der Waals surface area contributed by atoms with E-state index in [1.807, 2.05) is 37.3 Å². The van der Waals surface area contributed by atoms with Crippen LogP contribution in [0.5, 0.6) is 0 Å². The van der Waals surface area contributed by atoms with Crippen LogP contribution in [0.1, 0.15) is 34.4 Å². The quantitative estimate of drug-likeness (QED) is 0.523. The molecule has 2 nitrogen and oxygen atoms in total. The number of thioether (sulfide) groups is 1. The monoisotopic (exact) mass is 409 g/mol. The summed E-state index contributed by atoms with van der Waals surface area (Å²) in [7, 11) is -1.33. The Labute approximate surface area is 175 Å². The van der Waals surface area contributed by atoms with Crippen LogP contribution in [0.15, 0.2) is 83.8 Å². The van der Waals surface area contributed by atoms with Crippen molar-refractivity contribution in [3.8, 4) is 0 Å². The third-order valence-corrected chi connectivity index (χ3v) is 7.58. The van der Waals surface area contributed by atoms with Crippen LogP contribution in [0.4, 0.5) is 0 Å². The Kier molecular flexibility index (Phi) is 6.76. The molecule has 0 aliphatic rings. The van der Waals surface area contributed by atoms with Crippen LogP contribution < -0.4 is 4.72 Å². The third kappa shape index (κ3) is 4.57. The van der Waals surface area contributed by atoms with Gasteiger partial charge in [-0.2, -0.15) is 11.8 Å². The van der Waals surface area contributed by atoms with Crippen molar-refractivity contribution >= 4 is 22.7 Å². The molecular formula is C24H27NOS2. The SMILES string of the molecule is CS[C@@H](c1ccccc1)[C@@](C)(N[S@](=O)c1ccc(C)cc1)c1ccc(C)cc1. The van der Waals surface area contributed by atoms with Gasteiger partial charge in [0.1, 0.15) is 11.0 Å². The Morgan fingerprint density at radius 3 is 1.93 bits per heavy atom. The zero-order valence-corrected chi connectivity index (χ0v) is 18.4. The van der Waals surface area contributed by atoms with E-state index in [0.29, 0.717) is 0 Å². The van der Waals surface area contributed by atoms with E-state index in [9.17, 15) is 4.21 Å². The van der Waals surface area contributed by atoms with E-state index >= 15 is 0 Å². The number of hydrogen-bond acceptors (Lipinski definition) is 2. The van der Waals surface area contributed by atoms with E-state index in [2.05, 4.69) is 73.4 Å². The van der Waals surface area contributed by atoms with E-state index in [1.165, 1.54) is 11.1 Å². The van der Waals surface area contributed by atoms with Crippen LogP contribution in [0, 0.1) is 13.8 Å². The molecule has 0 unspecified atom stereocenters. The second-order valence-corrected chi connectivity index (χ2v) is 9.43. The lowest BCUT2D eigenvalue weighted by molar-refractivity contribution is 0.434. The molecule has 0 saturated heterocycles. The molecule has 4 heteroatoms. The van der Waals surface area contributed by atoms with Crippen LogP contribution in [-0.4, -0.2) is 10.5 Å². The highest BCUT2D eigenvalue weighted by atomic mass is 32.2. The first kappa shape index (κ1) is 20.8. The fraction of sp³-hybridized carbons (Fsp3) is 0.250. The molecule has 0 aromatic heterocycles. The maximum atomic E-state index is 13.3. The summed E-state index contributed by atoms with van der Waals surface area (Å²) in [6, 6.07) is 26.8. The predicted molar refractivity (Wildman–Crippen MR) is 122 cm³/mol. The van der Waals surface area contributed by atoms with Gasteiger partial charge in [-0.3, -0.25) is 0 Å². The maximum absolute atomic E-state index is 13.3. The van der Waals surface area contributed by atoms with Crippen LogP contribution in [0.25, 0.3) is 0 Å². The standard InChI is InChI=1S/C24H27NOS2/c1-18-10-14-21(15-11-18)24(3,23(27-4)20-8-6-5-7-9-20)25-28(26)22-16-12-19(2)13-17-22/h5-17,23,25H,1-4H3/t23-,24-,28+/m0/s1. The molecule has 3 atom stereocenters. The number of benzene rings is 3. The van der Waals surface area contributed by atoms with Gasteiger partial charge in [0, 0.05) is 0 Å². The van der Waals surface area contributed by atoms with Gasteiger partial charge in [-0.05, 0) is 50.3 Å². The van der Waals surface area contributed by atoms with Crippen molar-refractivity contribution in [3.63, 3.8) is 0 Å². The Balaban J connectivity index is 2.04. The molecule has 3 aromatic carbocycles. The summed E-state index contributed by atoms with van der Waals surface area (Å²) in [4.78, 5) is 0.789. The fourth-order valence-electron chi connectivity index (χ4n) is 3.41. The summed E-state index contributed by atoms with van der Waals surface area (Å²) >= 11 is 1.77. The van der Waals surface area contributed by atoms with E-state index in [0.717, 1.165) is 16.0 Å². The molecule has 0 heterocycles. The lowest BCUT2D eigenvalue weighted by Gasteiger charge is -2.38. The van der Waals surface area contributed by atoms with Gasteiger partial charge < -0.3 is 0 Å². The van der Waals surface area contributed by atoms with Gasteiger partial charge in [0.05, 0.1) is 15.7 Å². The number of hydrogen-bond donors (Lipinski definition) is 1. The largest absolute Gasteiger partial charge is 0.237 e. The average molecular weight is 410 g/mol. The van der Waals surface area contributed by atoms with E-state index in [-0.39, 0.29) is 5.25 Å². The van der Waals surface area contributed by atoms with Gasteiger partial charge in [0.2, 0.25) is 0 Å². The van der Waals surface area contributed by atoms with Crippen LogP contribution in [0.3, 0.4) is 0 Å². The molecule has 0 radical (unpaired) electrons. The average Bonchev–Trinajstić information content (AvgIpc) is 2.70. The smallest absolute Gasteiger partial charge is 0.125 e. The van der Waals surface area contributed by atoms with Gasteiger partial charge in [-0.25, -0.2) is 8.93 Å². The molecule has 1 N–H and O–H groups in total. The van der Waals surface area contributed by atoms with Gasteiger partial charge >= 0.3 is 0 Å². The van der Waals surface area contributed by atoms with Gasteiger partial charge in [-0.1, -0.05) is 77.9 Å². The molecule has 0 saturated carbocycles. The molecular weight excluding hydrogens is 382 g/mol. The Hall–Kier alpha value is -1.88. The molecule has 146 valence electrons. The second-order valence-electron chi connectivity index (χ2n) is 7.28. The highest BCUT2D eigenvalue weighted by Gasteiger charge is 2.38. The summed E-state index contributed by atoms with van der Waals surface area (Å²) in [6.45, 7) is 6.27. The van der Waals surface area contributed by atoms with Crippen molar-refractivity contribution in [2.45, 2.75) is 36.5 Å². The topological polar surface area (TPSA) is 29.1 Å². The van der Waals surface area contributed by atoms with Crippen molar-refractivity contribution in [2.75, 3.05) is 6.26 Å². The summed E-state index contributed by atoms with van der Waals surface area (Å²) in [5, 5.41) is 0.103. The number of rotatable bonds is 7. The Morgan fingerprint density at radius 1 is 0.857 bits per heavy atom. The summed E-state index contributed by atoms with van der Waals surface area (Å²) < 4.78 is 16.7. The van der Waals surface area contributed by atoms with E-state index in [4.69, 9.17) is 0 Å². The minimum atomic E-state index is -1.33. The lowest BCUT2D eigenvalue weighted by atomic mass is 9.85. The summed E-state index contributed by atoms with van der Waals surface area (Å²) in [5.41, 5.74) is 4.21. The molecule has 3 aromatic rings. The fourth-order valence-corrected chi connectivity index (χ4v) is 5.70.